The van der Waals surface area contributed by atoms with Crippen molar-refractivity contribution in [3.8, 4) is 6.01 Å². The Hall–Kier alpha value is -1.77. The highest BCUT2D eigenvalue weighted by Crippen LogP contribution is 2.19. The van der Waals surface area contributed by atoms with Gasteiger partial charge in [0.2, 0.25) is 10.0 Å². The highest BCUT2D eigenvalue weighted by atomic mass is 79.9. The number of benzene rings is 1. The Bertz CT molecular complexity index is 826. The number of rotatable bonds is 5. The van der Waals surface area contributed by atoms with Crippen molar-refractivity contribution in [3.05, 3.63) is 58.2 Å². The summed E-state index contributed by atoms with van der Waals surface area (Å²) in [6.07, 6.45) is 6.06. The van der Waals surface area contributed by atoms with Gasteiger partial charge in [-0.3, -0.25) is 0 Å². The predicted molar refractivity (Wildman–Crippen MR) is 99.4 cm³/mol. The second kappa shape index (κ2) is 8.07. The first kappa shape index (κ1) is 18.0. The fourth-order valence-electron chi connectivity index (χ4n) is 2.56. The number of hydrogen-bond acceptors (Lipinski definition) is 5. The van der Waals surface area contributed by atoms with E-state index >= 15 is 0 Å². The molecule has 3 rings (SSSR count). The van der Waals surface area contributed by atoms with Crippen LogP contribution in [0.5, 0.6) is 6.01 Å². The lowest BCUT2D eigenvalue weighted by atomic mass is 10.1. The van der Waals surface area contributed by atoms with Gasteiger partial charge in [-0.1, -0.05) is 30.3 Å². The minimum Gasteiger partial charge on any atom is -0.459 e. The van der Waals surface area contributed by atoms with Crippen molar-refractivity contribution in [2.24, 2.45) is 0 Å². The molecule has 1 fully saturated rings. The predicted octanol–water partition coefficient (Wildman–Crippen LogP) is 3.08. The van der Waals surface area contributed by atoms with Crippen molar-refractivity contribution < 1.29 is 13.2 Å². The summed E-state index contributed by atoms with van der Waals surface area (Å²) in [4.78, 5) is 8.15. The number of halogens is 1. The van der Waals surface area contributed by atoms with Gasteiger partial charge in [-0.2, -0.15) is 4.31 Å². The van der Waals surface area contributed by atoms with Crippen molar-refractivity contribution in [2.75, 3.05) is 13.1 Å². The first-order valence-corrected chi connectivity index (χ1v) is 10.2. The van der Waals surface area contributed by atoms with Crippen LogP contribution in [-0.4, -0.2) is 41.9 Å². The SMILES string of the molecule is O=S(=O)(/C=C/c1ccccc1)N1CCCC(Oc2ncc(Br)cn2)C1. The molecule has 0 N–H and O–H groups in total. The highest BCUT2D eigenvalue weighted by molar-refractivity contribution is 9.10. The highest BCUT2D eigenvalue weighted by Gasteiger charge is 2.28. The molecule has 1 aromatic heterocycles. The Morgan fingerprint density at radius 1 is 1.20 bits per heavy atom. The molecule has 1 aliphatic heterocycles. The molecule has 1 atom stereocenters. The molecule has 2 heterocycles. The average Bonchev–Trinajstić information content (AvgIpc) is 2.63. The van der Waals surface area contributed by atoms with E-state index in [9.17, 15) is 8.42 Å². The summed E-state index contributed by atoms with van der Waals surface area (Å²) in [5, 5.41) is 1.25. The van der Waals surface area contributed by atoms with Crippen molar-refractivity contribution >= 4 is 32.0 Å². The molecule has 0 aliphatic carbocycles. The summed E-state index contributed by atoms with van der Waals surface area (Å²) in [6, 6.07) is 9.61. The molecule has 25 heavy (non-hydrogen) atoms. The van der Waals surface area contributed by atoms with Gasteiger partial charge >= 0.3 is 6.01 Å². The van der Waals surface area contributed by atoms with Crippen LogP contribution in [0, 0.1) is 0 Å². The second-order valence-corrected chi connectivity index (χ2v) is 8.42. The van der Waals surface area contributed by atoms with Gasteiger partial charge in [0.15, 0.2) is 0 Å². The monoisotopic (exact) mass is 423 g/mol. The second-order valence-electron chi connectivity index (χ2n) is 5.68. The number of sulfonamides is 1. The van der Waals surface area contributed by atoms with Gasteiger partial charge in [0, 0.05) is 24.3 Å². The quantitative estimate of drug-likeness (QED) is 0.738. The summed E-state index contributed by atoms with van der Waals surface area (Å²) in [5.74, 6) is 0. The number of nitrogens with zero attached hydrogens (tertiary/aromatic N) is 3. The van der Waals surface area contributed by atoms with Gasteiger partial charge in [0.05, 0.1) is 11.0 Å². The molecular weight excluding hydrogens is 406 g/mol. The van der Waals surface area contributed by atoms with E-state index in [2.05, 4.69) is 25.9 Å². The van der Waals surface area contributed by atoms with Crippen molar-refractivity contribution in [1.82, 2.24) is 14.3 Å². The Balaban J connectivity index is 1.65. The van der Waals surface area contributed by atoms with Crippen molar-refractivity contribution in [2.45, 2.75) is 18.9 Å². The third kappa shape index (κ3) is 5.10. The molecule has 0 spiro atoms. The molecule has 0 radical (unpaired) electrons. The minimum atomic E-state index is -3.49. The molecular formula is C17H18BrN3O3S. The van der Waals surface area contributed by atoms with E-state index in [-0.39, 0.29) is 12.1 Å². The zero-order valence-electron chi connectivity index (χ0n) is 13.5. The third-order valence-corrected chi connectivity index (χ3v) is 5.74. The lowest BCUT2D eigenvalue weighted by molar-refractivity contribution is 0.119. The summed E-state index contributed by atoms with van der Waals surface area (Å²) in [5.41, 5.74) is 0.846. The zero-order chi connectivity index (χ0) is 17.7. The molecule has 0 amide bonds. The van der Waals surface area contributed by atoms with E-state index in [1.54, 1.807) is 18.5 Å². The smallest absolute Gasteiger partial charge is 0.316 e. The molecule has 0 saturated carbocycles. The van der Waals surface area contributed by atoms with Gasteiger partial charge in [-0.25, -0.2) is 18.4 Å². The summed E-state index contributed by atoms with van der Waals surface area (Å²) >= 11 is 3.27. The number of piperidine rings is 1. The number of ether oxygens (including phenoxy) is 1. The largest absolute Gasteiger partial charge is 0.459 e. The Kier molecular flexibility index (Phi) is 5.82. The van der Waals surface area contributed by atoms with Gasteiger partial charge in [0.25, 0.3) is 0 Å². The summed E-state index contributed by atoms with van der Waals surface area (Å²) < 4.78 is 33.0. The van der Waals surface area contributed by atoms with E-state index in [1.165, 1.54) is 9.71 Å². The minimum absolute atomic E-state index is 0.255. The van der Waals surface area contributed by atoms with Gasteiger partial charge in [-0.15, -0.1) is 0 Å². The first-order valence-electron chi connectivity index (χ1n) is 7.90. The number of hydrogen-bond donors (Lipinski definition) is 0. The molecule has 1 unspecified atom stereocenters. The molecule has 8 heteroatoms. The topological polar surface area (TPSA) is 72.4 Å². The van der Waals surface area contributed by atoms with Gasteiger partial charge in [0.1, 0.15) is 6.10 Å². The van der Waals surface area contributed by atoms with Crippen molar-refractivity contribution in [1.29, 1.82) is 0 Å². The lowest BCUT2D eigenvalue weighted by Gasteiger charge is -2.30. The third-order valence-electron chi connectivity index (χ3n) is 3.80. The average molecular weight is 424 g/mol. The van der Waals surface area contributed by atoms with Crippen LogP contribution in [0.25, 0.3) is 6.08 Å². The zero-order valence-corrected chi connectivity index (χ0v) is 15.9. The van der Waals surface area contributed by atoms with Gasteiger partial charge < -0.3 is 4.74 Å². The van der Waals surface area contributed by atoms with E-state index in [0.717, 1.165) is 22.9 Å². The fraction of sp³-hybridized carbons (Fsp3) is 0.294. The van der Waals surface area contributed by atoms with E-state index < -0.39 is 10.0 Å². The van der Waals surface area contributed by atoms with Crippen LogP contribution in [0.3, 0.4) is 0 Å². The summed E-state index contributed by atoms with van der Waals surface area (Å²) in [7, 11) is -3.49. The van der Waals surface area contributed by atoms with E-state index in [0.29, 0.717) is 13.1 Å². The van der Waals surface area contributed by atoms with Crippen molar-refractivity contribution in [3.63, 3.8) is 0 Å². The maximum absolute atomic E-state index is 12.5. The molecule has 2 aromatic rings. The number of aromatic nitrogens is 2. The molecule has 6 nitrogen and oxygen atoms in total. The van der Waals surface area contributed by atoms with Crippen LogP contribution < -0.4 is 4.74 Å². The lowest BCUT2D eigenvalue weighted by Crippen LogP contribution is -2.43. The molecule has 1 saturated heterocycles. The van der Waals surface area contributed by atoms with Gasteiger partial charge in [-0.05, 0) is 40.4 Å². The first-order chi connectivity index (χ1) is 12.0. The van der Waals surface area contributed by atoms with E-state index in [4.69, 9.17) is 4.74 Å². The standard InChI is InChI=1S/C17H18BrN3O3S/c18-15-11-19-17(20-12-15)24-16-7-4-9-21(13-16)25(22,23)10-8-14-5-2-1-3-6-14/h1-3,5-6,8,10-12,16H,4,7,9,13H2/b10-8+. The van der Waals surface area contributed by atoms with E-state index in [1.807, 2.05) is 30.3 Å². The molecule has 1 aliphatic rings. The Morgan fingerprint density at radius 2 is 1.92 bits per heavy atom. The Labute approximate surface area is 155 Å². The Morgan fingerprint density at radius 3 is 2.64 bits per heavy atom. The van der Waals surface area contributed by atoms with Crippen LogP contribution in [-0.2, 0) is 10.0 Å². The van der Waals surface area contributed by atoms with Crippen LogP contribution in [0.4, 0.5) is 0 Å². The fourth-order valence-corrected chi connectivity index (χ4v) is 4.02. The molecule has 0 bridgehead atoms. The van der Waals surface area contributed by atoms with Crippen LogP contribution in [0.15, 0.2) is 52.6 Å². The molecule has 132 valence electrons. The molecule has 1 aromatic carbocycles. The maximum atomic E-state index is 12.5. The van der Waals surface area contributed by atoms with Crippen LogP contribution in [0.1, 0.15) is 18.4 Å². The summed E-state index contributed by atoms with van der Waals surface area (Å²) in [6.45, 7) is 0.781. The van der Waals surface area contributed by atoms with Crippen LogP contribution in [0.2, 0.25) is 0 Å². The normalized spacial score (nSPS) is 19.2. The van der Waals surface area contributed by atoms with Crippen LogP contribution >= 0.6 is 15.9 Å². The maximum Gasteiger partial charge on any atom is 0.316 e.